The molecular weight excluding hydrogens is 541 g/mol. The summed E-state index contributed by atoms with van der Waals surface area (Å²) >= 11 is 1.69. The Morgan fingerprint density at radius 3 is 2.27 bits per heavy atom. The van der Waals surface area contributed by atoms with Gasteiger partial charge in [-0.3, -0.25) is 9.78 Å². The second-order valence-electron chi connectivity index (χ2n) is 12.1. The number of rotatable bonds is 9. The number of carbonyl (C=O) groups excluding carboxylic acids is 1. The van der Waals surface area contributed by atoms with Gasteiger partial charge in [-0.2, -0.15) is 11.3 Å². The van der Waals surface area contributed by atoms with E-state index in [0.717, 1.165) is 23.0 Å². The molecule has 0 spiro atoms. The van der Waals surface area contributed by atoms with Crippen LogP contribution in [0.5, 0.6) is 0 Å². The first-order valence-electron chi connectivity index (χ1n) is 14.2. The van der Waals surface area contributed by atoms with Gasteiger partial charge in [0.25, 0.3) is 8.32 Å². The lowest BCUT2D eigenvalue weighted by Crippen LogP contribution is -2.66. The number of thiophene rings is 1. The van der Waals surface area contributed by atoms with E-state index in [2.05, 4.69) is 109 Å². The van der Waals surface area contributed by atoms with Crippen LogP contribution in [0.3, 0.4) is 0 Å². The SMILES string of the molecule is CC(C)(C)[Si](OC[C@@H]1C[C@@]1(CC(=O)Nc1cccc2cccnc12)c1ccsc1)(c1ccccc1)c1ccccc1. The van der Waals surface area contributed by atoms with E-state index in [9.17, 15) is 4.79 Å². The Morgan fingerprint density at radius 1 is 0.951 bits per heavy atom. The van der Waals surface area contributed by atoms with Gasteiger partial charge in [0.15, 0.2) is 0 Å². The second-order valence-corrected chi connectivity index (χ2v) is 17.2. The zero-order chi connectivity index (χ0) is 28.5. The summed E-state index contributed by atoms with van der Waals surface area (Å²) in [7, 11) is -2.66. The molecule has 1 amide bonds. The minimum absolute atomic E-state index is 0.0160. The fourth-order valence-corrected chi connectivity index (χ4v) is 11.9. The molecule has 1 saturated carbocycles. The van der Waals surface area contributed by atoms with Crippen molar-refractivity contribution in [1.29, 1.82) is 0 Å². The van der Waals surface area contributed by atoms with E-state index in [-0.39, 0.29) is 22.3 Å². The standard InChI is InChI=1S/C35H36N2O2SSi/c1-34(2,3)41(29-14-6-4-7-15-29,30-16-8-5-9-17-30)39-24-28-22-35(28,27-19-21-40-25-27)23-32(38)37-31-18-10-12-26-13-11-20-36-33(26)31/h4-21,25,28H,22-24H2,1-3H3,(H,37,38)/t28-,35+/m0/s1. The third-order valence-electron chi connectivity index (χ3n) is 8.63. The van der Waals surface area contributed by atoms with Crippen molar-refractivity contribution in [2.24, 2.45) is 5.92 Å². The van der Waals surface area contributed by atoms with Crippen LogP contribution in [0.15, 0.2) is 114 Å². The van der Waals surface area contributed by atoms with Gasteiger partial charge < -0.3 is 9.74 Å². The molecule has 41 heavy (non-hydrogen) atoms. The molecule has 6 rings (SSSR count). The third-order valence-corrected chi connectivity index (χ3v) is 14.3. The number of para-hydroxylation sites is 1. The van der Waals surface area contributed by atoms with Crippen LogP contribution in [0.1, 0.15) is 39.2 Å². The molecule has 4 nitrogen and oxygen atoms in total. The van der Waals surface area contributed by atoms with Crippen LogP contribution in [-0.2, 0) is 14.6 Å². The van der Waals surface area contributed by atoms with Gasteiger partial charge in [-0.15, -0.1) is 0 Å². The molecule has 5 aromatic rings. The zero-order valence-corrected chi connectivity index (χ0v) is 25.7. The minimum Gasteiger partial charge on any atom is -0.407 e. The number of amides is 1. The van der Waals surface area contributed by atoms with Crippen molar-refractivity contribution in [1.82, 2.24) is 4.98 Å². The lowest BCUT2D eigenvalue weighted by atomic mass is 9.91. The molecule has 0 unspecified atom stereocenters. The number of hydrogen-bond donors (Lipinski definition) is 1. The van der Waals surface area contributed by atoms with Crippen molar-refractivity contribution in [3.05, 3.63) is 120 Å². The van der Waals surface area contributed by atoms with Crippen molar-refractivity contribution >= 4 is 52.5 Å². The average molecular weight is 577 g/mol. The average Bonchev–Trinajstić information content (AvgIpc) is 3.37. The van der Waals surface area contributed by atoms with Gasteiger partial charge in [0.1, 0.15) is 0 Å². The normalized spacial score (nSPS) is 18.8. The predicted molar refractivity (Wildman–Crippen MR) is 173 cm³/mol. The summed E-state index contributed by atoms with van der Waals surface area (Å²) in [4.78, 5) is 18.1. The number of aromatic nitrogens is 1. The summed E-state index contributed by atoms with van der Waals surface area (Å²) in [5.74, 6) is 0.275. The second kappa shape index (κ2) is 11.0. The summed E-state index contributed by atoms with van der Waals surface area (Å²) in [6.07, 6.45) is 3.12. The Balaban J connectivity index is 1.28. The van der Waals surface area contributed by atoms with Gasteiger partial charge in [0.2, 0.25) is 5.91 Å². The number of nitrogens with one attached hydrogen (secondary N) is 1. The quantitative estimate of drug-likeness (QED) is 0.190. The summed E-state index contributed by atoms with van der Waals surface area (Å²) in [5, 5.41) is 11.0. The Labute approximate surface area is 247 Å². The molecule has 208 valence electrons. The van der Waals surface area contributed by atoms with Crippen LogP contribution in [-0.4, -0.2) is 25.8 Å². The van der Waals surface area contributed by atoms with Gasteiger partial charge in [0.05, 0.1) is 11.2 Å². The predicted octanol–water partition coefficient (Wildman–Crippen LogP) is 7.16. The number of benzene rings is 3. The Bertz CT molecular complexity index is 1590. The first-order valence-corrected chi connectivity index (χ1v) is 17.1. The van der Waals surface area contributed by atoms with E-state index in [1.165, 1.54) is 15.9 Å². The van der Waals surface area contributed by atoms with Gasteiger partial charge >= 0.3 is 0 Å². The van der Waals surface area contributed by atoms with Crippen molar-refractivity contribution in [2.75, 3.05) is 11.9 Å². The molecule has 1 fully saturated rings. The monoisotopic (exact) mass is 576 g/mol. The number of carbonyl (C=O) groups is 1. The molecule has 3 aromatic carbocycles. The maximum absolute atomic E-state index is 13.6. The molecule has 6 heteroatoms. The van der Waals surface area contributed by atoms with Crippen LogP contribution in [0, 0.1) is 5.92 Å². The molecule has 1 aliphatic carbocycles. The number of hydrogen-bond acceptors (Lipinski definition) is 4. The molecule has 0 aliphatic heterocycles. The smallest absolute Gasteiger partial charge is 0.261 e. The number of fused-ring (bicyclic) bond motifs is 1. The van der Waals surface area contributed by atoms with Crippen molar-refractivity contribution in [2.45, 2.75) is 44.1 Å². The van der Waals surface area contributed by atoms with E-state index in [1.807, 2.05) is 30.3 Å². The molecular formula is C35H36N2O2SSi. The van der Waals surface area contributed by atoms with Crippen LogP contribution in [0.4, 0.5) is 5.69 Å². The first kappa shape index (κ1) is 27.6. The van der Waals surface area contributed by atoms with Crippen molar-refractivity contribution in [3.8, 4) is 0 Å². The summed E-state index contributed by atoms with van der Waals surface area (Å²) in [5.41, 5.74) is 2.59. The van der Waals surface area contributed by atoms with Crippen LogP contribution < -0.4 is 15.7 Å². The van der Waals surface area contributed by atoms with E-state index in [0.29, 0.717) is 13.0 Å². The van der Waals surface area contributed by atoms with E-state index >= 15 is 0 Å². The van der Waals surface area contributed by atoms with E-state index < -0.39 is 8.32 Å². The Kier molecular flexibility index (Phi) is 7.41. The van der Waals surface area contributed by atoms with Crippen LogP contribution >= 0.6 is 11.3 Å². The molecule has 1 aliphatic rings. The highest BCUT2D eigenvalue weighted by atomic mass is 32.1. The van der Waals surface area contributed by atoms with Gasteiger partial charge in [-0.05, 0) is 62.3 Å². The Morgan fingerprint density at radius 2 is 1.63 bits per heavy atom. The summed E-state index contributed by atoms with van der Waals surface area (Å²) in [6, 6.07) is 33.6. The maximum atomic E-state index is 13.6. The fourth-order valence-electron chi connectivity index (χ4n) is 6.49. The topological polar surface area (TPSA) is 51.2 Å². The highest BCUT2D eigenvalue weighted by Gasteiger charge is 2.58. The van der Waals surface area contributed by atoms with Crippen molar-refractivity contribution in [3.63, 3.8) is 0 Å². The summed E-state index contributed by atoms with van der Waals surface area (Å²) < 4.78 is 7.30. The maximum Gasteiger partial charge on any atom is 0.261 e. The van der Waals surface area contributed by atoms with Crippen LogP contribution in [0.25, 0.3) is 10.9 Å². The molecule has 2 aromatic heterocycles. The summed E-state index contributed by atoms with van der Waals surface area (Å²) in [6.45, 7) is 7.55. The zero-order valence-electron chi connectivity index (χ0n) is 23.8. The molecule has 2 atom stereocenters. The lowest BCUT2D eigenvalue weighted by Gasteiger charge is -2.43. The molecule has 1 N–H and O–H groups in total. The highest BCUT2D eigenvalue weighted by Crippen LogP contribution is 2.58. The first-order chi connectivity index (χ1) is 19.8. The van der Waals surface area contributed by atoms with Gasteiger partial charge in [0, 0.05) is 30.0 Å². The van der Waals surface area contributed by atoms with Crippen LogP contribution in [0.2, 0.25) is 5.04 Å². The molecule has 0 bridgehead atoms. The fraction of sp³-hybridized carbons (Fsp3) is 0.257. The molecule has 0 radical (unpaired) electrons. The van der Waals surface area contributed by atoms with E-state index in [4.69, 9.17) is 4.43 Å². The molecule has 2 heterocycles. The molecule has 0 saturated heterocycles. The Hall–Kier alpha value is -3.58. The van der Waals surface area contributed by atoms with Gasteiger partial charge in [-0.25, -0.2) is 0 Å². The number of nitrogens with zero attached hydrogens (tertiary/aromatic N) is 1. The third kappa shape index (κ3) is 5.16. The van der Waals surface area contributed by atoms with Gasteiger partial charge in [-0.1, -0.05) is 99.6 Å². The highest BCUT2D eigenvalue weighted by molar-refractivity contribution is 7.08. The lowest BCUT2D eigenvalue weighted by molar-refractivity contribution is -0.116. The van der Waals surface area contributed by atoms with Crippen molar-refractivity contribution < 1.29 is 9.22 Å². The minimum atomic E-state index is -2.66. The number of anilines is 1. The van der Waals surface area contributed by atoms with E-state index in [1.54, 1.807) is 17.5 Å². The largest absolute Gasteiger partial charge is 0.407 e. The number of pyridine rings is 1.